The molecule has 8 heteroatoms. The lowest BCUT2D eigenvalue weighted by Gasteiger charge is -2.32. The highest BCUT2D eigenvalue weighted by Crippen LogP contribution is 2.69. The molecular formula is C34H40FN3O4. The molecule has 0 unspecified atom stereocenters. The summed E-state index contributed by atoms with van der Waals surface area (Å²) < 4.78 is 20.3. The lowest BCUT2D eigenvalue weighted by atomic mass is 9.79. The number of aliphatic carboxylic acids is 1. The quantitative estimate of drug-likeness (QED) is 0.277. The summed E-state index contributed by atoms with van der Waals surface area (Å²) in [7, 11) is 3.90. The lowest BCUT2D eigenvalue weighted by Crippen LogP contribution is -2.46. The molecule has 3 atom stereocenters. The summed E-state index contributed by atoms with van der Waals surface area (Å²) in [5, 5.41) is 13.5. The second kappa shape index (κ2) is 11.0. The van der Waals surface area contributed by atoms with Gasteiger partial charge in [0.2, 0.25) is 0 Å². The topological polar surface area (TPSA) is 91.8 Å². The Bertz CT molecular complexity index is 1440. The minimum Gasteiger partial charge on any atom is -0.481 e. The maximum absolute atomic E-state index is 14.6. The van der Waals surface area contributed by atoms with E-state index in [0.717, 1.165) is 35.3 Å². The van der Waals surface area contributed by atoms with E-state index in [1.807, 2.05) is 82.4 Å². The molecule has 0 spiro atoms. The first-order chi connectivity index (χ1) is 19.8. The third-order valence-electron chi connectivity index (χ3n) is 8.70. The van der Waals surface area contributed by atoms with Crippen LogP contribution in [0.4, 0.5) is 15.0 Å². The molecular weight excluding hydrogens is 533 g/mol. The Morgan fingerprint density at radius 3 is 2.29 bits per heavy atom. The number of alkyl carbamates (subject to hydrolysis) is 1. The number of halogens is 1. The summed E-state index contributed by atoms with van der Waals surface area (Å²) >= 11 is 0. The van der Waals surface area contributed by atoms with Crippen molar-refractivity contribution in [2.45, 2.75) is 70.4 Å². The van der Waals surface area contributed by atoms with Crippen LogP contribution in [0.1, 0.15) is 63.5 Å². The normalized spacial score (nSPS) is 21.2. The van der Waals surface area contributed by atoms with E-state index in [1.54, 1.807) is 18.2 Å². The second-order valence-electron chi connectivity index (χ2n) is 13.2. The summed E-state index contributed by atoms with van der Waals surface area (Å²) in [6.07, 6.45) is 4.19. The minimum atomic E-state index is -1.05. The summed E-state index contributed by atoms with van der Waals surface area (Å²) in [5.41, 5.74) is 1.38. The highest BCUT2D eigenvalue weighted by Gasteiger charge is 2.67. The molecule has 2 N–H and O–H groups in total. The zero-order chi connectivity index (χ0) is 30.3. The van der Waals surface area contributed by atoms with Crippen LogP contribution in [0.15, 0.2) is 66.9 Å². The molecule has 3 aromatic rings. The molecule has 222 valence electrons. The number of hydrogen-bond donors (Lipinski definition) is 2. The van der Waals surface area contributed by atoms with Crippen molar-refractivity contribution < 1.29 is 23.8 Å². The Balaban J connectivity index is 1.38. The Morgan fingerprint density at radius 2 is 1.74 bits per heavy atom. The molecule has 1 aromatic heterocycles. The number of carbonyl (C=O) groups excluding carboxylic acids is 1. The molecule has 2 saturated carbocycles. The Hall–Kier alpha value is -3.94. The number of nitrogens with one attached hydrogen (secondary N) is 1. The van der Waals surface area contributed by atoms with E-state index in [-0.39, 0.29) is 17.8 Å². The number of carbonyl (C=O) groups is 2. The number of nitrogens with zero attached hydrogens (tertiary/aromatic N) is 2. The zero-order valence-corrected chi connectivity index (χ0v) is 25.0. The Kier molecular flexibility index (Phi) is 7.77. The number of carboxylic acids is 1. The van der Waals surface area contributed by atoms with Crippen molar-refractivity contribution in [2.75, 3.05) is 19.0 Å². The van der Waals surface area contributed by atoms with Crippen LogP contribution in [-0.2, 0) is 16.0 Å². The largest absolute Gasteiger partial charge is 0.481 e. The van der Waals surface area contributed by atoms with Crippen molar-refractivity contribution in [3.05, 3.63) is 83.8 Å². The number of rotatable bonds is 10. The van der Waals surface area contributed by atoms with Gasteiger partial charge in [-0.1, -0.05) is 42.5 Å². The molecule has 2 fully saturated rings. The van der Waals surface area contributed by atoms with E-state index < -0.39 is 28.5 Å². The maximum Gasteiger partial charge on any atom is 0.407 e. The van der Waals surface area contributed by atoms with E-state index in [2.05, 4.69) is 10.3 Å². The molecule has 2 aromatic carbocycles. The van der Waals surface area contributed by atoms with E-state index in [9.17, 15) is 19.1 Å². The zero-order valence-electron chi connectivity index (χ0n) is 25.0. The summed E-state index contributed by atoms with van der Waals surface area (Å²) in [5.74, 6) is -0.780. The van der Waals surface area contributed by atoms with Crippen molar-refractivity contribution in [2.24, 2.45) is 10.8 Å². The van der Waals surface area contributed by atoms with Crippen LogP contribution in [-0.4, -0.2) is 47.9 Å². The van der Waals surface area contributed by atoms with Gasteiger partial charge in [0.05, 0.1) is 5.41 Å². The lowest BCUT2D eigenvalue weighted by molar-refractivity contribution is -0.144. The van der Waals surface area contributed by atoms with E-state index in [1.165, 1.54) is 6.07 Å². The third-order valence-corrected chi connectivity index (χ3v) is 8.70. The van der Waals surface area contributed by atoms with Gasteiger partial charge in [-0.3, -0.25) is 4.79 Å². The van der Waals surface area contributed by atoms with Gasteiger partial charge in [-0.15, -0.1) is 0 Å². The van der Waals surface area contributed by atoms with Crippen molar-refractivity contribution in [3.63, 3.8) is 0 Å². The van der Waals surface area contributed by atoms with Crippen LogP contribution in [0.3, 0.4) is 0 Å². The predicted molar refractivity (Wildman–Crippen MR) is 161 cm³/mol. The van der Waals surface area contributed by atoms with Gasteiger partial charge in [0.1, 0.15) is 17.2 Å². The molecule has 0 saturated heterocycles. The van der Waals surface area contributed by atoms with Crippen molar-refractivity contribution in [1.82, 2.24) is 10.3 Å². The van der Waals surface area contributed by atoms with Gasteiger partial charge >= 0.3 is 12.1 Å². The number of ether oxygens (including phenoxy) is 1. The Labute approximate surface area is 247 Å². The van der Waals surface area contributed by atoms with Gasteiger partial charge in [-0.05, 0) is 93.2 Å². The van der Waals surface area contributed by atoms with Crippen LogP contribution in [0, 0.1) is 16.6 Å². The standard InChI is InChI=1S/C34H40FN3O4/c1-32(2,3)42-31(41)37-28(18-22-10-12-23(13-11-22)24-14-15-29(36-20-24)38(4)5)33(16-17-33)21-34(30(39)40)19-26(34)25-8-6-7-9-27(25)35/h6-15,20,26,28H,16-19,21H2,1-5H3,(H,37,41)(H,39,40)/t26-,28-,34+/m0/s1. The Morgan fingerprint density at radius 1 is 1.07 bits per heavy atom. The van der Waals surface area contributed by atoms with E-state index in [4.69, 9.17) is 4.74 Å². The number of carboxylic acid groups (broad SMARTS) is 1. The van der Waals surface area contributed by atoms with Crippen LogP contribution >= 0.6 is 0 Å². The van der Waals surface area contributed by atoms with Gasteiger partial charge in [0, 0.05) is 37.8 Å². The molecule has 1 amide bonds. The van der Waals surface area contributed by atoms with Crippen LogP contribution in [0.5, 0.6) is 0 Å². The number of anilines is 1. The molecule has 7 nitrogen and oxygen atoms in total. The van der Waals surface area contributed by atoms with E-state index >= 15 is 0 Å². The third kappa shape index (κ3) is 6.27. The van der Waals surface area contributed by atoms with Crippen molar-refractivity contribution >= 4 is 17.9 Å². The fourth-order valence-electron chi connectivity index (χ4n) is 6.18. The molecule has 0 aliphatic heterocycles. The first kappa shape index (κ1) is 29.5. The highest BCUT2D eigenvalue weighted by molar-refractivity contribution is 5.81. The first-order valence-corrected chi connectivity index (χ1v) is 14.5. The molecule has 0 bridgehead atoms. The van der Waals surface area contributed by atoms with Crippen molar-refractivity contribution in [3.8, 4) is 11.1 Å². The monoisotopic (exact) mass is 573 g/mol. The van der Waals surface area contributed by atoms with Crippen LogP contribution < -0.4 is 10.2 Å². The average molecular weight is 574 g/mol. The molecule has 1 heterocycles. The average Bonchev–Trinajstić information content (AvgIpc) is 3.85. The number of amides is 1. The minimum absolute atomic E-state index is 0.336. The number of pyridine rings is 1. The first-order valence-electron chi connectivity index (χ1n) is 14.5. The molecule has 5 rings (SSSR count). The summed E-state index contributed by atoms with van der Waals surface area (Å²) in [6, 6.07) is 18.3. The molecule has 2 aliphatic rings. The molecule has 42 heavy (non-hydrogen) atoms. The molecule has 0 radical (unpaired) electrons. The summed E-state index contributed by atoms with van der Waals surface area (Å²) in [4.78, 5) is 32.1. The number of hydrogen-bond acceptors (Lipinski definition) is 5. The van der Waals surface area contributed by atoms with Gasteiger partial charge < -0.3 is 20.1 Å². The highest BCUT2D eigenvalue weighted by atomic mass is 19.1. The fourth-order valence-corrected chi connectivity index (χ4v) is 6.18. The van der Waals surface area contributed by atoms with Crippen LogP contribution in [0.2, 0.25) is 0 Å². The number of aromatic nitrogens is 1. The van der Waals surface area contributed by atoms with Crippen LogP contribution in [0.25, 0.3) is 11.1 Å². The van der Waals surface area contributed by atoms with Gasteiger partial charge in [0.15, 0.2) is 0 Å². The van der Waals surface area contributed by atoms with Gasteiger partial charge in [0.25, 0.3) is 0 Å². The SMILES string of the molecule is CN(C)c1ccc(-c2ccc(C[C@H](NC(=O)OC(C)(C)C)C3(C[C@]4(C(=O)O)C[C@H]4c4ccccc4F)CC3)cc2)cn1. The smallest absolute Gasteiger partial charge is 0.407 e. The molecule has 2 aliphatic carbocycles. The van der Waals surface area contributed by atoms with Gasteiger partial charge in [-0.2, -0.15) is 0 Å². The van der Waals surface area contributed by atoms with E-state index in [0.29, 0.717) is 24.8 Å². The number of benzene rings is 2. The second-order valence-corrected chi connectivity index (χ2v) is 13.2. The predicted octanol–water partition coefficient (Wildman–Crippen LogP) is 6.82. The summed E-state index contributed by atoms with van der Waals surface area (Å²) in [6.45, 7) is 5.45. The fraction of sp³-hybridized carbons (Fsp3) is 0.441. The van der Waals surface area contributed by atoms with Gasteiger partial charge in [-0.25, -0.2) is 14.2 Å². The van der Waals surface area contributed by atoms with Crippen molar-refractivity contribution in [1.29, 1.82) is 0 Å². The maximum atomic E-state index is 14.6.